The summed E-state index contributed by atoms with van der Waals surface area (Å²) in [5, 5.41) is 24.4. The van der Waals surface area contributed by atoms with Gasteiger partial charge in [0.2, 0.25) is 5.91 Å². The highest BCUT2D eigenvalue weighted by Gasteiger charge is 2.45. The first-order valence-corrected chi connectivity index (χ1v) is 13.3. The first-order valence-electron chi connectivity index (χ1n) is 13.3. The molecule has 0 saturated carbocycles. The van der Waals surface area contributed by atoms with E-state index in [1.807, 2.05) is 12.3 Å². The summed E-state index contributed by atoms with van der Waals surface area (Å²) in [7, 11) is 0. The van der Waals surface area contributed by atoms with E-state index in [0.29, 0.717) is 6.04 Å². The number of aliphatic carboxylic acids is 3. The quantitative estimate of drug-likeness (QED) is 0.325. The van der Waals surface area contributed by atoms with Crippen molar-refractivity contribution in [2.75, 3.05) is 32.7 Å². The molecule has 262 valence electrons. The number of likely N-dealkylation sites (tertiary alicyclic amines) is 2. The van der Waals surface area contributed by atoms with E-state index in [9.17, 15) is 44.3 Å². The molecular formula is C25H31F9N4O8. The second-order valence-corrected chi connectivity index (χ2v) is 9.84. The molecule has 0 unspecified atom stereocenters. The van der Waals surface area contributed by atoms with Crippen LogP contribution < -0.4 is 5.32 Å². The number of aromatic nitrogens is 1. The molecule has 3 saturated heterocycles. The van der Waals surface area contributed by atoms with Crippen LogP contribution in [0.2, 0.25) is 0 Å². The summed E-state index contributed by atoms with van der Waals surface area (Å²) >= 11 is 0. The van der Waals surface area contributed by atoms with Gasteiger partial charge in [0.05, 0.1) is 6.10 Å². The normalized spacial score (nSPS) is 21.4. The van der Waals surface area contributed by atoms with Crippen LogP contribution in [0.4, 0.5) is 39.5 Å². The Morgan fingerprint density at radius 3 is 1.80 bits per heavy atom. The molecule has 0 bridgehead atoms. The number of carbonyl (C=O) groups excluding carboxylic acids is 1. The molecule has 3 aliphatic heterocycles. The Hall–Kier alpha value is -3.72. The molecule has 4 N–H and O–H groups in total. The summed E-state index contributed by atoms with van der Waals surface area (Å²) in [4.78, 5) is 48.2. The first kappa shape index (κ1) is 40.3. The standard InChI is InChI=1S/C19H28N4O2.3C2HF3O2/c24-19(21-7-11-22-8-1-2-9-22)18-12-16-17(25-18)5-10-23(16)14-15-4-3-6-20-13-15;3*3-2(4,5)1(6)7/h3-4,6,13,16-18H,1-2,5,7-12,14H2,(H,21,24);3*(H,6,7)/t16-,17-,18-;;;/m0.../s1. The highest BCUT2D eigenvalue weighted by atomic mass is 19.4. The fraction of sp³-hybridized carbons (Fsp3) is 0.640. The molecule has 3 fully saturated rings. The van der Waals surface area contributed by atoms with Crippen LogP contribution in [0.1, 0.15) is 31.2 Å². The number of hydrogen-bond donors (Lipinski definition) is 4. The SMILES string of the molecule is O=C(NCCN1CCCC1)[C@@H]1C[C@H]2[C@H](CCN2Cc2cccnc2)O1.O=C(O)C(F)(F)F.O=C(O)C(F)(F)F.O=C(O)C(F)(F)F. The summed E-state index contributed by atoms with van der Waals surface area (Å²) in [6.07, 6.45) is -7.21. The van der Waals surface area contributed by atoms with E-state index in [0.717, 1.165) is 39.0 Å². The topological polar surface area (TPSA) is 170 Å². The molecule has 0 spiro atoms. The number of nitrogens with zero attached hydrogens (tertiary/aromatic N) is 3. The van der Waals surface area contributed by atoms with E-state index < -0.39 is 36.4 Å². The van der Waals surface area contributed by atoms with Gasteiger partial charge in [-0.15, -0.1) is 0 Å². The Morgan fingerprint density at radius 2 is 1.37 bits per heavy atom. The lowest BCUT2D eigenvalue weighted by atomic mass is 10.1. The van der Waals surface area contributed by atoms with Crippen LogP contribution in [-0.4, -0.2) is 123 Å². The van der Waals surface area contributed by atoms with Gasteiger partial charge in [-0.05, 0) is 44.0 Å². The van der Waals surface area contributed by atoms with Crippen molar-refractivity contribution in [1.29, 1.82) is 0 Å². The minimum atomic E-state index is -5.08. The highest BCUT2D eigenvalue weighted by molar-refractivity contribution is 5.81. The van der Waals surface area contributed by atoms with Gasteiger partial charge in [0, 0.05) is 51.0 Å². The number of pyridine rings is 1. The molecule has 1 aromatic rings. The van der Waals surface area contributed by atoms with Gasteiger partial charge in [-0.1, -0.05) is 6.07 Å². The minimum Gasteiger partial charge on any atom is -0.475 e. The van der Waals surface area contributed by atoms with Gasteiger partial charge in [-0.3, -0.25) is 14.7 Å². The lowest BCUT2D eigenvalue weighted by molar-refractivity contribution is -0.193. The summed E-state index contributed by atoms with van der Waals surface area (Å²) in [5.74, 6) is -8.21. The first-order chi connectivity index (χ1) is 21.1. The molecule has 3 atom stereocenters. The van der Waals surface area contributed by atoms with Crippen LogP contribution in [0.3, 0.4) is 0 Å². The lowest BCUT2D eigenvalue weighted by Gasteiger charge is -2.22. The van der Waals surface area contributed by atoms with Crippen molar-refractivity contribution < 1.29 is 78.7 Å². The van der Waals surface area contributed by atoms with Crippen LogP contribution in [0.5, 0.6) is 0 Å². The van der Waals surface area contributed by atoms with E-state index in [1.54, 1.807) is 6.20 Å². The minimum absolute atomic E-state index is 0.0647. The Balaban J connectivity index is 0.000000413. The third kappa shape index (κ3) is 15.0. The largest absolute Gasteiger partial charge is 0.490 e. The molecule has 0 radical (unpaired) electrons. The van der Waals surface area contributed by atoms with Gasteiger partial charge in [0.1, 0.15) is 6.10 Å². The van der Waals surface area contributed by atoms with Gasteiger partial charge in [-0.2, -0.15) is 39.5 Å². The smallest absolute Gasteiger partial charge is 0.475 e. The maximum Gasteiger partial charge on any atom is 0.490 e. The third-order valence-corrected chi connectivity index (χ3v) is 6.45. The predicted octanol–water partition coefficient (Wildman–Crippen LogP) is 2.93. The maximum atomic E-state index is 12.4. The van der Waals surface area contributed by atoms with Crippen molar-refractivity contribution in [2.45, 2.75) is 69.0 Å². The third-order valence-electron chi connectivity index (χ3n) is 6.45. The van der Waals surface area contributed by atoms with Gasteiger partial charge in [0.25, 0.3) is 0 Å². The molecule has 12 nitrogen and oxygen atoms in total. The number of ether oxygens (including phenoxy) is 1. The number of carboxylic acids is 3. The monoisotopic (exact) mass is 686 g/mol. The van der Waals surface area contributed by atoms with Gasteiger partial charge >= 0.3 is 36.4 Å². The Labute approximate surface area is 255 Å². The molecule has 4 rings (SSSR count). The number of rotatable bonds is 6. The molecule has 46 heavy (non-hydrogen) atoms. The summed E-state index contributed by atoms with van der Waals surface area (Å²) in [6.45, 7) is 5.95. The Morgan fingerprint density at radius 1 is 0.870 bits per heavy atom. The van der Waals surface area contributed by atoms with Crippen molar-refractivity contribution in [2.24, 2.45) is 0 Å². The van der Waals surface area contributed by atoms with Crippen molar-refractivity contribution >= 4 is 23.8 Å². The van der Waals surface area contributed by atoms with Crippen LogP contribution in [-0.2, 0) is 30.5 Å². The van der Waals surface area contributed by atoms with E-state index >= 15 is 0 Å². The number of fused-ring (bicyclic) bond motifs is 1. The number of halogens is 9. The molecule has 4 heterocycles. The number of amides is 1. The number of carbonyl (C=O) groups is 4. The zero-order valence-corrected chi connectivity index (χ0v) is 23.7. The molecular weight excluding hydrogens is 655 g/mol. The number of carboxylic acid groups (broad SMARTS) is 3. The Bertz CT molecular complexity index is 1070. The highest BCUT2D eigenvalue weighted by Crippen LogP contribution is 2.33. The second-order valence-electron chi connectivity index (χ2n) is 9.84. The molecule has 0 aliphatic carbocycles. The lowest BCUT2D eigenvalue weighted by Crippen LogP contribution is -2.40. The average molecular weight is 687 g/mol. The number of nitrogens with one attached hydrogen (secondary N) is 1. The van der Waals surface area contributed by atoms with E-state index in [4.69, 9.17) is 34.4 Å². The van der Waals surface area contributed by atoms with E-state index in [1.165, 1.54) is 31.5 Å². The van der Waals surface area contributed by atoms with E-state index in [2.05, 4.69) is 26.2 Å². The Kier molecular flexibility index (Phi) is 15.6. The van der Waals surface area contributed by atoms with Gasteiger partial charge in [-0.25, -0.2) is 14.4 Å². The molecule has 1 amide bonds. The molecule has 3 aliphatic rings. The van der Waals surface area contributed by atoms with Crippen LogP contribution in [0.15, 0.2) is 24.5 Å². The van der Waals surface area contributed by atoms with Gasteiger partial charge < -0.3 is 30.3 Å². The summed E-state index contributed by atoms with van der Waals surface area (Å²) in [5.41, 5.74) is 1.22. The summed E-state index contributed by atoms with van der Waals surface area (Å²) < 4.78 is 101. The zero-order chi connectivity index (χ0) is 35.3. The van der Waals surface area contributed by atoms with Crippen molar-refractivity contribution in [1.82, 2.24) is 20.1 Å². The molecule has 0 aromatic carbocycles. The molecule has 1 aromatic heterocycles. The number of alkyl halides is 9. The zero-order valence-electron chi connectivity index (χ0n) is 23.7. The predicted molar refractivity (Wildman–Crippen MR) is 136 cm³/mol. The van der Waals surface area contributed by atoms with Gasteiger partial charge in [0.15, 0.2) is 0 Å². The van der Waals surface area contributed by atoms with Crippen LogP contribution in [0.25, 0.3) is 0 Å². The average Bonchev–Trinajstić information content (AvgIpc) is 3.68. The summed E-state index contributed by atoms with van der Waals surface area (Å²) in [6, 6.07) is 4.44. The maximum absolute atomic E-state index is 12.4. The second kappa shape index (κ2) is 17.8. The van der Waals surface area contributed by atoms with Crippen LogP contribution >= 0.6 is 0 Å². The molecule has 21 heteroatoms. The fourth-order valence-corrected chi connectivity index (χ4v) is 4.38. The van der Waals surface area contributed by atoms with E-state index in [-0.39, 0.29) is 18.1 Å². The van der Waals surface area contributed by atoms with Crippen molar-refractivity contribution in [3.63, 3.8) is 0 Å². The van der Waals surface area contributed by atoms with Crippen molar-refractivity contribution in [3.8, 4) is 0 Å². The van der Waals surface area contributed by atoms with Crippen LogP contribution in [0, 0.1) is 0 Å². The fourth-order valence-electron chi connectivity index (χ4n) is 4.38. The number of hydrogen-bond acceptors (Lipinski definition) is 8. The van der Waals surface area contributed by atoms with Crippen molar-refractivity contribution in [3.05, 3.63) is 30.1 Å².